The summed E-state index contributed by atoms with van der Waals surface area (Å²) >= 11 is 1.07. The molecular weight excluding hydrogens is 462 g/mol. The first-order valence-corrected chi connectivity index (χ1v) is 11.8. The maximum Gasteiger partial charge on any atom is 0.311 e. The average Bonchev–Trinajstić information content (AvgIpc) is 3.49. The number of ether oxygens (including phenoxy) is 2. The largest absolute Gasteiger partial charge is 0.508 e. The van der Waals surface area contributed by atoms with E-state index in [0.717, 1.165) is 45.7 Å². The molecule has 0 fully saturated rings. The number of thioether (sulfide) groups is 1. The quantitative estimate of drug-likeness (QED) is 0.487. The SMILES string of the molecule is COc1ccc(C2=NN(C3=NC(=O)S/C3=C\c3ccc(O)cc3)C(c3ccc(OC)cc3)C2)cc1. The van der Waals surface area contributed by atoms with Gasteiger partial charge in [-0.05, 0) is 83.1 Å². The van der Waals surface area contributed by atoms with Gasteiger partial charge in [0.15, 0.2) is 5.84 Å². The molecule has 2 aliphatic heterocycles. The molecule has 0 aliphatic carbocycles. The van der Waals surface area contributed by atoms with Gasteiger partial charge in [-0.15, -0.1) is 0 Å². The van der Waals surface area contributed by atoms with E-state index < -0.39 is 0 Å². The third-order valence-electron chi connectivity index (χ3n) is 5.86. The van der Waals surface area contributed by atoms with Crippen molar-refractivity contribution in [2.75, 3.05) is 14.2 Å². The fourth-order valence-corrected chi connectivity index (χ4v) is 4.78. The number of phenols is 1. The molecule has 1 amide bonds. The van der Waals surface area contributed by atoms with Gasteiger partial charge in [-0.3, -0.25) is 4.79 Å². The predicted octanol–water partition coefficient (Wildman–Crippen LogP) is 5.87. The van der Waals surface area contributed by atoms with Gasteiger partial charge >= 0.3 is 5.24 Å². The lowest BCUT2D eigenvalue weighted by Crippen LogP contribution is -2.26. The number of amides is 1. The van der Waals surface area contributed by atoms with Crippen LogP contribution in [0.3, 0.4) is 0 Å². The Hall–Kier alpha value is -4.04. The maximum atomic E-state index is 12.4. The first-order valence-electron chi connectivity index (χ1n) is 11.0. The van der Waals surface area contributed by atoms with Gasteiger partial charge in [0.2, 0.25) is 0 Å². The molecule has 3 aromatic carbocycles. The molecule has 2 aliphatic rings. The standard InChI is InChI=1S/C27H23N3O4S/c1-33-21-11-5-18(6-12-21)23-16-24(19-7-13-22(34-2)14-8-19)30(29-23)26-25(35-27(32)28-26)15-17-3-9-20(31)10-4-17/h3-15,24,31H,16H2,1-2H3/b25-15-. The van der Waals surface area contributed by atoms with E-state index in [-0.39, 0.29) is 17.0 Å². The molecule has 176 valence electrons. The minimum atomic E-state index is -0.286. The molecule has 3 aromatic rings. The molecule has 8 heteroatoms. The van der Waals surface area contributed by atoms with Gasteiger partial charge in [-0.2, -0.15) is 10.1 Å². The number of amidine groups is 1. The lowest BCUT2D eigenvalue weighted by atomic mass is 9.98. The van der Waals surface area contributed by atoms with Crippen molar-refractivity contribution in [3.8, 4) is 17.2 Å². The number of carbonyl (C=O) groups is 1. The van der Waals surface area contributed by atoms with Crippen LogP contribution in [0.15, 0.2) is 87.8 Å². The van der Waals surface area contributed by atoms with Crippen molar-refractivity contribution in [2.24, 2.45) is 10.1 Å². The smallest absolute Gasteiger partial charge is 0.311 e. The molecule has 5 rings (SSSR count). The highest BCUT2D eigenvalue weighted by atomic mass is 32.2. The Morgan fingerprint density at radius 3 is 2.20 bits per heavy atom. The van der Waals surface area contributed by atoms with Gasteiger partial charge in [0.05, 0.1) is 30.9 Å². The third kappa shape index (κ3) is 4.79. The van der Waals surface area contributed by atoms with E-state index in [1.165, 1.54) is 0 Å². The number of phenolic OH excluding ortho intramolecular Hbond substituents is 1. The minimum Gasteiger partial charge on any atom is -0.508 e. The first-order chi connectivity index (χ1) is 17.0. The lowest BCUT2D eigenvalue weighted by molar-refractivity contribution is 0.267. The summed E-state index contributed by atoms with van der Waals surface area (Å²) in [6.07, 6.45) is 2.53. The number of hydrogen-bond acceptors (Lipinski definition) is 7. The van der Waals surface area contributed by atoms with Crippen molar-refractivity contribution in [3.05, 3.63) is 94.4 Å². The molecule has 35 heavy (non-hydrogen) atoms. The summed E-state index contributed by atoms with van der Waals surface area (Å²) in [6, 6.07) is 22.3. The number of methoxy groups -OCH3 is 2. The molecular formula is C27H23N3O4S. The molecule has 0 aromatic heterocycles. The number of aromatic hydroxyl groups is 1. The Labute approximate surface area is 207 Å². The molecule has 2 heterocycles. The average molecular weight is 486 g/mol. The summed E-state index contributed by atoms with van der Waals surface area (Å²) in [6.45, 7) is 0. The Bertz CT molecular complexity index is 1330. The van der Waals surface area contributed by atoms with Crippen LogP contribution < -0.4 is 9.47 Å². The van der Waals surface area contributed by atoms with Crippen molar-refractivity contribution >= 4 is 34.6 Å². The van der Waals surface area contributed by atoms with Crippen LogP contribution in [-0.4, -0.2) is 41.1 Å². The van der Waals surface area contributed by atoms with Crippen molar-refractivity contribution in [1.82, 2.24) is 5.01 Å². The fraction of sp³-hybridized carbons (Fsp3) is 0.148. The monoisotopic (exact) mass is 485 g/mol. The summed E-state index contributed by atoms with van der Waals surface area (Å²) in [4.78, 5) is 17.4. The van der Waals surface area contributed by atoms with E-state index >= 15 is 0 Å². The van der Waals surface area contributed by atoms with E-state index in [1.54, 1.807) is 38.5 Å². The van der Waals surface area contributed by atoms with Crippen molar-refractivity contribution < 1.29 is 19.4 Å². The Morgan fingerprint density at radius 1 is 0.943 bits per heavy atom. The molecule has 0 spiro atoms. The Balaban J connectivity index is 1.54. The maximum absolute atomic E-state index is 12.4. The first kappa shape index (κ1) is 22.7. The Morgan fingerprint density at radius 2 is 1.57 bits per heavy atom. The van der Waals surface area contributed by atoms with Gasteiger partial charge in [0.1, 0.15) is 17.2 Å². The lowest BCUT2D eigenvalue weighted by Gasteiger charge is -2.24. The zero-order valence-corrected chi connectivity index (χ0v) is 20.0. The summed E-state index contributed by atoms with van der Waals surface area (Å²) in [5, 5.41) is 16.1. The van der Waals surface area contributed by atoms with Crippen LogP contribution in [0.1, 0.15) is 29.2 Å². The zero-order chi connectivity index (χ0) is 24.4. The number of rotatable bonds is 5. The number of hydrazone groups is 1. The molecule has 1 N–H and O–H groups in total. The predicted molar refractivity (Wildman–Crippen MR) is 138 cm³/mol. The van der Waals surface area contributed by atoms with Gasteiger partial charge in [-0.1, -0.05) is 24.3 Å². The van der Waals surface area contributed by atoms with Gasteiger partial charge in [0.25, 0.3) is 0 Å². The molecule has 0 saturated carbocycles. The summed E-state index contributed by atoms with van der Waals surface area (Å²) in [5.41, 5.74) is 3.76. The van der Waals surface area contributed by atoms with Crippen molar-refractivity contribution in [3.63, 3.8) is 0 Å². The molecule has 0 radical (unpaired) electrons. The van der Waals surface area contributed by atoms with E-state index in [9.17, 15) is 9.90 Å². The van der Waals surface area contributed by atoms with E-state index in [0.29, 0.717) is 17.2 Å². The number of nitrogens with zero attached hydrogens (tertiary/aromatic N) is 3. The van der Waals surface area contributed by atoms with Crippen LogP contribution in [0.2, 0.25) is 0 Å². The van der Waals surface area contributed by atoms with E-state index in [1.807, 2.05) is 59.6 Å². The highest BCUT2D eigenvalue weighted by Gasteiger charge is 2.36. The van der Waals surface area contributed by atoms with E-state index in [2.05, 4.69) is 4.99 Å². The number of carbonyl (C=O) groups excluding carboxylic acids is 1. The molecule has 0 bridgehead atoms. The molecule has 7 nitrogen and oxygen atoms in total. The minimum absolute atomic E-state index is 0.147. The van der Waals surface area contributed by atoms with Crippen molar-refractivity contribution in [2.45, 2.75) is 12.5 Å². The van der Waals surface area contributed by atoms with Gasteiger partial charge < -0.3 is 14.6 Å². The summed E-state index contributed by atoms with van der Waals surface area (Å²) in [5.74, 6) is 2.24. The summed E-state index contributed by atoms with van der Waals surface area (Å²) < 4.78 is 10.6. The second-order valence-electron chi connectivity index (χ2n) is 8.02. The molecule has 0 saturated heterocycles. The molecule has 1 atom stereocenters. The van der Waals surface area contributed by atoms with Crippen LogP contribution in [0.25, 0.3) is 6.08 Å². The zero-order valence-electron chi connectivity index (χ0n) is 19.2. The number of hydrogen-bond donors (Lipinski definition) is 1. The fourth-order valence-electron chi connectivity index (χ4n) is 4.03. The highest BCUT2D eigenvalue weighted by molar-refractivity contribution is 8.18. The van der Waals surface area contributed by atoms with Crippen molar-refractivity contribution in [1.29, 1.82) is 0 Å². The third-order valence-corrected chi connectivity index (χ3v) is 6.64. The topological polar surface area (TPSA) is 83.7 Å². The second-order valence-corrected chi connectivity index (χ2v) is 9.01. The Kier molecular flexibility index (Phi) is 6.29. The second kappa shape index (κ2) is 9.68. The van der Waals surface area contributed by atoms with Crippen LogP contribution in [0, 0.1) is 0 Å². The van der Waals surface area contributed by atoms with Gasteiger partial charge in [-0.25, -0.2) is 5.01 Å². The van der Waals surface area contributed by atoms with E-state index in [4.69, 9.17) is 14.6 Å². The number of benzene rings is 3. The summed E-state index contributed by atoms with van der Waals surface area (Å²) in [7, 11) is 3.27. The number of aliphatic imine (C=N–C) groups is 1. The van der Waals surface area contributed by atoms with Crippen LogP contribution >= 0.6 is 11.8 Å². The van der Waals surface area contributed by atoms with Crippen LogP contribution in [0.4, 0.5) is 4.79 Å². The van der Waals surface area contributed by atoms with Gasteiger partial charge in [0, 0.05) is 6.42 Å². The van der Waals surface area contributed by atoms with Crippen LogP contribution in [-0.2, 0) is 0 Å². The highest BCUT2D eigenvalue weighted by Crippen LogP contribution is 2.40. The normalized spacial score (nSPS) is 18.6. The molecule has 1 unspecified atom stereocenters. The van der Waals surface area contributed by atoms with Crippen LogP contribution in [0.5, 0.6) is 17.2 Å².